The number of benzene rings is 1. The number of rotatable bonds is 7. The maximum absolute atomic E-state index is 13.3. The lowest BCUT2D eigenvalue weighted by Crippen LogP contribution is -2.37. The fourth-order valence-corrected chi connectivity index (χ4v) is 3.61. The third kappa shape index (κ3) is 4.45. The lowest BCUT2D eigenvalue weighted by Gasteiger charge is -2.31. The van der Waals surface area contributed by atoms with Gasteiger partial charge in [0.2, 0.25) is 5.91 Å². The van der Waals surface area contributed by atoms with Crippen molar-refractivity contribution >= 4 is 5.91 Å². The van der Waals surface area contributed by atoms with Crippen molar-refractivity contribution in [3.63, 3.8) is 0 Å². The molecule has 2 aromatic rings. The fourth-order valence-electron chi connectivity index (χ4n) is 3.61. The molecule has 0 aliphatic heterocycles. The predicted molar refractivity (Wildman–Crippen MR) is 98.3 cm³/mol. The largest absolute Gasteiger partial charge is 0.385 e. The number of hydrogen-bond acceptors (Lipinski definition) is 3. The van der Waals surface area contributed by atoms with Gasteiger partial charge in [-0.2, -0.15) is 0 Å². The summed E-state index contributed by atoms with van der Waals surface area (Å²) in [6.07, 6.45) is 7.50. The first kappa shape index (κ1) is 17.6. The molecule has 0 bridgehead atoms. The highest BCUT2D eigenvalue weighted by molar-refractivity contribution is 5.84. The molecule has 0 saturated heterocycles. The second-order valence-corrected chi connectivity index (χ2v) is 6.61. The molecule has 1 aromatic carbocycles. The third-order valence-electron chi connectivity index (χ3n) is 4.88. The quantitative estimate of drug-likeness (QED) is 0.725. The zero-order valence-corrected chi connectivity index (χ0v) is 14.9. The highest BCUT2D eigenvalue weighted by Crippen LogP contribution is 2.33. The summed E-state index contributed by atoms with van der Waals surface area (Å²) >= 11 is 0. The van der Waals surface area contributed by atoms with Crippen LogP contribution < -0.4 is 0 Å². The molecule has 1 atom stereocenters. The first-order chi connectivity index (χ1) is 12.3. The molecule has 0 N–H and O–H groups in total. The van der Waals surface area contributed by atoms with E-state index >= 15 is 0 Å². The lowest BCUT2D eigenvalue weighted by atomic mass is 9.82. The minimum atomic E-state index is -0.0191. The second kappa shape index (κ2) is 8.77. The van der Waals surface area contributed by atoms with Crippen LogP contribution in [0, 0.1) is 0 Å². The van der Waals surface area contributed by atoms with E-state index in [1.807, 2.05) is 23.1 Å². The van der Waals surface area contributed by atoms with E-state index in [1.54, 1.807) is 19.5 Å². The summed E-state index contributed by atoms with van der Waals surface area (Å²) < 4.78 is 5.18. The number of carbonyl (C=O) groups excluding carboxylic acids is 1. The van der Waals surface area contributed by atoms with Gasteiger partial charge in [0.1, 0.15) is 0 Å². The van der Waals surface area contributed by atoms with Crippen molar-refractivity contribution in [1.82, 2.24) is 9.88 Å². The molecule has 4 nitrogen and oxygen atoms in total. The number of pyridine rings is 1. The van der Waals surface area contributed by atoms with E-state index in [-0.39, 0.29) is 11.8 Å². The van der Waals surface area contributed by atoms with Crippen LogP contribution in [0.5, 0.6) is 0 Å². The fraction of sp³-hybridized carbons (Fsp3) is 0.429. The van der Waals surface area contributed by atoms with E-state index in [0.29, 0.717) is 19.7 Å². The van der Waals surface area contributed by atoms with Crippen LogP contribution in [0.25, 0.3) is 0 Å². The summed E-state index contributed by atoms with van der Waals surface area (Å²) in [5.41, 5.74) is 3.66. The first-order valence-corrected chi connectivity index (χ1v) is 9.04. The number of nitrogens with zero attached hydrogens (tertiary/aromatic N) is 2. The molecule has 25 heavy (non-hydrogen) atoms. The molecule has 1 unspecified atom stereocenters. The summed E-state index contributed by atoms with van der Waals surface area (Å²) in [4.78, 5) is 19.4. The van der Waals surface area contributed by atoms with Crippen molar-refractivity contribution in [3.05, 3.63) is 65.5 Å². The van der Waals surface area contributed by atoms with Gasteiger partial charge in [-0.05, 0) is 54.5 Å². The zero-order chi connectivity index (χ0) is 17.5. The summed E-state index contributed by atoms with van der Waals surface area (Å²) in [5, 5.41) is 0. The minimum Gasteiger partial charge on any atom is -0.385 e. The van der Waals surface area contributed by atoms with Crippen molar-refractivity contribution in [3.8, 4) is 0 Å². The van der Waals surface area contributed by atoms with Crippen LogP contribution in [-0.2, 0) is 22.5 Å². The van der Waals surface area contributed by atoms with E-state index in [4.69, 9.17) is 4.74 Å². The number of ether oxygens (including phenoxy) is 1. The highest BCUT2D eigenvalue weighted by Gasteiger charge is 2.29. The Balaban J connectivity index is 1.79. The van der Waals surface area contributed by atoms with Gasteiger partial charge in [0.05, 0.1) is 5.92 Å². The molecule has 1 aliphatic carbocycles. The van der Waals surface area contributed by atoms with Gasteiger partial charge in [-0.25, -0.2) is 0 Å². The number of fused-ring (bicyclic) bond motifs is 1. The number of amides is 1. The average Bonchev–Trinajstić information content (AvgIpc) is 2.67. The Hall–Kier alpha value is -2.20. The van der Waals surface area contributed by atoms with E-state index in [2.05, 4.69) is 23.2 Å². The summed E-state index contributed by atoms with van der Waals surface area (Å²) in [5.74, 6) is 0.217. The summed E-state index contributed by atoms with van der Waals surface area (Å²) in [7, 11) is 1.70. The molecule has 4 heteroatoms. The topological polar surface area (TPSA) is 42.4 Å². The maximum atomic E-state index is 13.3. The Kier molecular flexibility index (Phi) is 6.18. The van der Waals surface area contributed by atoms with Crippen molar-refractivity contribution in [2.45, 2.75) is 38.1 Å². The SMILES string of the molecule is COCCCN(Cc1ccncc1)C(=O)C1CCCc2ccccc21. The van der Waals surface area contributed by atoms with Gasteiger partial charge in [0.15, 0.2) is 0 Å². The summed E-state index contributed by atoms with van der Waals surface area (Å²) in [6, 6.07) is 12.3. The smallest absolute Gasteiger partial charge is 0.230 e. The summed E-state index contributed by atoms with van der Waals surface area (Å²) in [6.45, 7) is 2.01. The highest BCUT2D eigenvalue weighted by atomic mass is 16.5. The minimum absolute atomic E-state index is 0.0191. The number of carbonyl (C=O) groups is 1. The van der Waals surface area contributed by atoms with Gasteiger partial charge in [-0.15, -0.1) is 0 Å². The van der Waals surface area contributed by atoms with E-state index in [1.165, 1.54) is 11.1 Å². The number of aryl methyl sites for hydroxylation is 1. The van der Waals surface area contributed by atoms with Gasteiger partial charge < -0.3 is 9.64 Å². The van der Waals surface area contributed by atoms with E-state index in [9.17, 15) is 4.79 Å². The van der Waals surface area contributed by atoms with Crippen LogP contribution in [0.4, 0.5) is 0 Å². The molecule has 0 saturated carbocycles. The Morgan fingerprint density at radius 3 is 2.84 bits per heavy atom. The Morgan fingerprint density at radius 2 is 2.04 bits per heavy atom. The lowest BCUT2D eigenvalue weighted by molar-refractivity contribution is -0.134. The van der Waals surface area contributed by atoms with Gasteiger partial charge in [0, 0.05) is 39.2 Å². The van der Waals surface area contributed by atoms with E-state index < -0.39 is 0 Å². The zero-order valence-electron chi connectivity index (χ0n) is 14.9. The molecule has 1 aromatic heterocycles. The molecule has 1 aliphatic rings. The first-order valence-electron chi connectivity index (χ1n) is 9.04. The van der Waals surface area contributed by atoms with Crippen LogP contribution in [0.1, 0.15) is 41.9 Å². The number of aromatic nitrogens is 1. The molecule has 1 amide bonds. The van der Waals surface area contributed by atoms with Gasteiger partial charge in [0.25, 0.3) is 0 Å². The van der Waals surface area contributed by atoms with Crippen LogP contribution in [0.15, 0.2) is 48.8 Å². The molecule has 0 radical (unpaired) electrons. The molecular weight excluding hydrogens is 312 g/mol. The Morgan fingerprint density at radius 1 is 1.24 bits per heavy atom. The van der Waals surface area contributed by atoms with Crippen LogP contribution >= 0.6 is 0 Å². The van der Waals surface area contributed by atoms with Crippen molar-refractivity contribution in [1.29, 1.82) is 0 Å². The van der Waals surface area contributed by atoms with Crippen LogP contribution in [0.2, 0.25) is 0 Å². The molecule has 0 fully saturated rings. The normalized spacial score (nSPS) is 16.3. The number of hydrogen-bond donors (Lipinski definition) is 0. The van der Waals surface area contributed by atoms with Gasteiger partial charge in [-0.1, -0.05) is 24.3 Å². The molecular formula is C21H26N2O2. The van der Waals surface area contributed by atoms with Gasteiger partial charge in [-0.3, -0.25) is 9.78 Å². The Bertz CT molecular complexity index is 687. The average molecular weight is 338 g/mol. The molecule has 3 rings (SSSR count). The van der Waals surface area contributed by atoms with Crippen LogP contribution in [0.3, 0.4) is 0 Å². The van der Waals surface area contributed by atoms with Crippen molar-refractivity contribution < 1.29 is 9.53 Å². The van der Waals surface area contributed by atoms with Gasteiger partial charge >= 0.3 is 0 Å². The third-order valence-corrected chi connectivity index (χ3v) is 4.88. The van der Waals surface area contributed by atoms with E-state index in [0.717, 1.165) is 31.2 Å². The maximum Gasteiger partial charge on any atom is 0.230 e. The molecule has 1 heterocycles. The number of methoxy groups -OCH3 is 1. The molecule has 132 valence electrons. The monoisotopic (exact) mass is 338 g/mol. The van der Waals surface area contributed by atoms with Crippen molar-refractivity contribution in [2.24, 2.45) is 0 Å². The van der Waals surface area contributed by atoms with Crippen molar-refractivity contribution in [2.75, 3.05) is 20.3 Å². The predicted octanol–water partition coefficient (Wildman–Crippen LogP) is 3.57. The second-order valence-electron chi connectivity index (χ2n) is 6.61. The Labute approximate surface area is 149 Å². The molecule has 0 spiro atoms. The van der Waals surface area contributed by atoms with Crippen LogP contribution in [-0.4, -0.2) is 36.1 Å². The standard InChI is InChI=1S/C21H26N2O2/c1-25-15-5-14-23(16-17-10-12-22-13-11-17)21(24)20-9-4-7-18-6-2-3-8-19(18)20/h2-3,6,8,10-13,20H,4-5,7,9,14-16H2,1H3.